The summed E-state index contributed by atoms with van der Waals surface area (Å²) in [5.41, 5.74) is 0.821. The molecule has 0 unspecified atom stereocenters. The summed E-state index contributed by atoms with van der Waals surface area (Å²) in [6.45, 7) is 4.03. The van der Waals surface area contributed by atoms with Crippen LogP contribution in [0.5, 0.6) is 11.5 Å². The third kappa shape index (κ3) is 1.90. The topological polar surface area (TPSA) is 83.8 Å². The number of furan rings is 1. The lowest BCUT2D eigenvalue weighted by Crippen LogP contribution is -2.02. The van der Waals surface area contributed by atoms with Crippen LogP contribution in [0.2, 0.25) is 0 Å². The van der Waals surface area contributed by atoms with E-state index in [2.05, 4.69) is 0 Å². The van der Waals surface area contributed by atoms with Gasteiger partial charge < -0.3 is 19.0 Å². The van der Waals surface area contributed by atoms with Crippen molar-refractivity contribution in [1.82, 2.24) is 0 Å². The lowest BCUT2D eigenvalue weighted by atomic mass is 10.1. The van der Waals surface area contributed by atoms with Gasteiger partial charge in [0.25, 0.3) is 0 Å². The number of rotatable bonds is 1. The minimum atomic E-state index is -0.340. The van der Waals surface area contributed by atoms with E-state index in [1.54, 1.807) is 12.1 Å². The number of fused-ring (bicyclic) bond motifs is 4. The lowest BCUT2D eigenvalue weighted by Gasteiger charge is -2.04. The maximum absolute atomic E-state index is 12.7. The summed E-state index contributed by atoms with van der Waals surface area (Å²) in [4.78, 5) is 12.7. The summed E-state index contributed by atoms with van der Waals surface area (Å²) in [6.07, 6.45) is 0. The standard InChI is InChI=1S/C18H14O5/c1-8(2)14-7-11-13(22-14)4-3-10-17(21)16-12(20)5-9(19)6-15(16)23-18(10)11/h3-8,19-20H,1-2H3. The Morgan fingerprint density at radius 2 is 1.74 bits per heavy atom. The van der Waals surface area contributed by atoms with E-state index in [-0.39, 0.29) is 33.8 Å². The summed E-state index contributed by atoms with van der Waals surface area (Å²) >= 11 is 0. The third-order valence-electron chi connectivity index (χ3n) is 3.99. The monoisotopic (exact) mass is 310 g/mol. The van der Waals surface area contributed by atoms with Gasteiger partial charge in [-0.3, -0.25) is 4.79 Å². The quantitative estimate of drug-likeness (QED) is 0.514. The van der Waals surface area contributed by atoms with Crippen molar-refractivity contribution in [1.29, 1.82) is 0 Å². The van der Waals surface area contributed by atoms with Crippen LogP contribution in [0.15, 0.2) is 44.0 Å². The van der Waals surface area contributed by atoms with Crippen LogP contribution in [0.3, 0.4) is 0 Å². The molecule has 0 bridgehead atoms. The van der Waals surface area contributed by atoms with E-state index in [4.69, 9.17) is 8.83 Å². The Kier molecular flexibility index (Phi) is 2.69. The highest BCUT2D eigenvalue weighted by Gasteiger charge is 2.17. The molecule has 0 aliphatic carbocycles. The zero-order chi connectivity index (χ0) is 16.3. The minimum absolute atomic E-state index is 0.0576. The Morgan fingerprint density at radius 3 is 2.48 bits per heavy atom. The molecule has 5 heteroatoms. The second-order valence-corrected chi connectivity index (χ2v) is 5.93. The van der Waals surface area contributed by atoms with Crippen LogP contribution in [0.4, 0.5) is 0 Å². The summed E-state index contributed by atoms with van der Waals surface area (Å²) in [6, 6.07) is 7.66. The van der Waals surface area contributed by atoms with Crippen LogP contribution in [-0.2, 0) is 0 Å². The molecule has 2 aromatic heterocycles. The molecule has 2 heterocycles. The van der Waals surface area contributed by atoms with Gasteiger partial charge in [0.2, 0.25) is 5.43 Å². The molecule has 0 saturated heterocycles. The maximum Gasteiger partial charge on any atom is 0.204 e. The Balaban J connectivity index is 2.22. The molecule has 5 nitrogen and oxygen atoms in total. The molecule has 2 aromatic carbocycles. The van der Waals surface area contributed by atoms with Gasteiger partial charge in [-0.15, -0.1) is 0 Å². The van der Waals surface area contributed by atoms with Crippen LogP contribution in [-0.4, -0.2) is 10.2 Å². The molecule has 0 aliphatic heterocycles. The summed E-state index contributed by atoms with van der Waals surface area (Å²) < 4.78 is 11.6. The zero-order valence-corrected chi connectivity index (χ0v) is 12.6. The largest absolute Gasteiger partial charge is 0.508 e. The van der Waals surface area contributed by atoms with Crippen LogP contribution >= 0.6 is 0 Å². The van der Waals surface area contributed by atoms with Crippen LogP contribution < -0.4 is 5.43 Å². The molecular weight excluding hydrogens is 296 g/mol. The molecular formula is C18H14O5. The molecule has 4 aromatic rings. The van der Waals surface area contributed by atoms with Gasteiger partial charge >= 0.3 is 0 Å². The van der Waals surface area contributed by atoms with E-state index in [1.165, 1.54) is 6.07 Å². The number of aromatic hydroxyl groups is 2. The van der Waals surface area contributed by atoms with E-state index in [1.807, 2.05) is 19.9 Å². The number of phenolic OH excluding ortho intramolecular Hbond substituents is 2. The molecule has 0 spiro atoms. The predicted octanol–water partition coefficient (Wildman–Crippen LogP) is 4.23. The minimum Gasteiger partial charge on any atom is -0.508 e. The van der Waals surface area contributed by atoms with E-state index in [9.17, 15) is 15.0 Å². The number of phenols is 2. The van der Waals surface area contributed by atoms with E-state index >= 15 is 0 Å². The van der Waals surface area contributed by atoms with Gasteiger partial charge in [0.1, 0.15) is 39.4 Å². The first-order valence-corrected chi connectivity index (χ1v) is 7.30. The van der Waals surface area contributed by atoms with E-state index in [0.717, 1.165) is 11.8 Å². The van der Waals surface area contributed by atoms with E-state index < -0.39 is 0 Å². The number of hydrogen-bond donors (Lipinski definition) is 2. The Morgan fingerprint density at radius 1 is 0.957 bits per heavy atom. The van der Waals surface area contributed by atoms with Crippen LogP contribution in [0.25, 0.3) is 32.9 Å². The average molecular weight is 310 g/mol. The highest BCUT2D eigenvalue weighted by molar-refractivity contribution is 6.06. The molecule has 0 atom stereocenters. The summed E-state index contributed by atoms with van der Waals surface area (Å²) in [5.74, 6) is 0.539. The maximum atomic E-state index is 12.7. The van der Waals surface area contributed by atoms with Crippen molar-refractivity contribution >= 4 is 32.9 Å². The highest BCUT2D eigenvalue weighted by Crippen LogP contribution is 2.34. The molecule has 0 aliphatic rings. The Hall–Kier alpha value is -2.95. The predicted molar refractivity (Wildman–Crippen MR) is 87.2 cm³/mol. The molecule has 23 heavy (non-hydrogen) atoms. The fraction of sp³-hybridized carbons (Fsp3) is 0.167. The number of benzene rings is 2. The third-order valence-corrected chi connectivity index (χ3v) is 3.99. The van der Waals surface area contributed by atoms with E-state index in [0.29, 0.717) is 21.9 Å². The van der Waals surface area contributed by atoms with Gasteiger partial charge in [0.05, 0.1) is 10.8 Å². The molecule has 4 rings (SSSR count). The summed E-state index contributed by atoms with van der Waals surface area (Å²) in [7, 11) is 0. The normalized spacial score (nSPS) is 12.0. The van der Waals surface area contributed by atoms with Crippen molar-refractivity contribution in [2.24, 2.45) is 0 Å². The van der Waals surface area contributed by atoms with Gasteiger partial charge in [-0.2, -0.15) is 0 Å². The van der Waals surface area contributed by atoms with Crippen molar-refractivity contribution < 1.29 is 19.0 Å². The van der Waals surface area contributed by atoms with Crippen molar-refractivity contribution in [3.05, 3.63) is 46.3 Å². The van der Waals surface area contributed by atoms with Crippen molar-refractivity contribution in [2.45, 2.75) is 19.8 Å². The molecule has 0 radical (unpaired) electrons. The second-order valence-electron chi connectivity index (χ2n) is 5.93. The molecule has 2 N–H and O–H groups in total. The molecule has 0 saturated carbocycles. The smallest absolute Gasteiger partial charge is 0.204 e. The summed E-state index contributed by atoms with van der Waals surface area (Å²) in [5, 5.41) is 20.7. The highest BCUT2D eigenvalue weighted by atomic mass is 16.3. The van der Waals surface area contributed by atoms with Gasteiger partial charge in [-0.05, 0) is 18.2 Å². The van der Waals surface area contributed by atoms with Gasteiger partial charge in [-0.25, -0.2) is 0 Å². The fourth-order valence-electron chi connectivity index (χ4n) is 2.82. The average Bonchev–Trinajstić information content (AvgIpc) is 2.91. The fourth-order valence-corrected chi connectivity index (χ4v) is 2.82. The lowest BCUT2D eigenvalue weighted by molar-refractivity contribution is 0.453. The van der Waals surface area contributed by atoms with Gasteiger partial charge in [-0.1, -0.05) is 13.8 Å². The first kappa shape index (κ1) is 13.7. The Bertz CT molecular complexity index is 1130. The molecule has 0 amide bonds. The van der Waals surface area contributed by atoms with Crippen molar-refractivity contribution in [2.75, 3.05) is 0 Å². The van der Waals surface area contributed by atoms with Crippen LogP contribution in [0, 0.1) is 0 Å². The Labute approximate surface area is 130 Å². The first-order chi connectivity index (χ1) is 11.0. The molecule has 0 fully saturated rings. The van der Waals surface area contributed by atoms with Gasteiger partial charge in [0, 0.05) is 18.1 Å². The van der Waals surface area contributed by atoms with Crippen molar-refractivity contribution in [3.8, 4) is 11.5 Å². The zero-order valence-electron chi connectivity index (χ0n) is 12.6. The second kappa shape index (κ2) is 4.52. The van der Waals surface area contributed by atoms with Crippen LogP contribution in [0.1, 0.15) is 25.5 Å². The number of hydrogen-bond acceptors (Lipinski definition) is 5. The SMILES string of the molecule is CC(C)c1cc2c(ccc3c(=O)c4c(O)cc(O)cc4oc32)o1. The van der Waals surface area contributed by atoms with Gasteiger partial charge in [0.15, 0.2) is 0 Å². The molecule has 116 valence electrons. The first-order valence-electron chi connectivity index (χ1n) is 7.30. The van der Waals surface area contributed by atoms with Crippen molar-refractivity contribution in [3.63, 3.8) is 0 Å².